The molecule has 4 rings (SSSR count). The van der Waals surface area contributed by atoms with E-state index in [0.29, 0.717) is 24.7 Å². The first-order chi connectivity index (χ1) is 14.1. The quantitative estimate of drug-likeness (QED) is 0.685. The van der Waals surface area contributed by atoms with Gasteiger partial charge in [0.15, 0.2) is 31.2 Å². The van der Waals surface area contributed by atoms with Gasteiger partial charge in [0.05, 0.1) is 32.2 Å². The summed E-state index contributed by atoms with van der Waals surface area (Å²) in [5.41, 5.74) is 0.231. The van der Waals surface area contributed by atoms with Gasteiger partial charge in [0.1, 0.15) is 13.2 Å². The van der Waals surface area contributed by atoms with Crippen LogP contribution in [0.15, 0.2) is 52.3 Å². The monoisotopic (exact) mass is 473 g/mol. The van der Waals surface area contributed by atoms with Crippen LogP contribution in [0.4, 0.5) is 5.69 Å². The summed E-state index contributed by atoms with van der Waals surface area (Å²) in [5.74, 6) is 0.256. The maximum absolute atomic E-state index is 12.8. The van der Waals surface area contributed by atoms with E-state index < -0.39 is 40.7 Å². The minimum Gasteiger partial charge on any atom is -0.486 e. The van der Waals surface area contributed by atoms with E-state index in [1.165, 1.54) is 30.3 Å². The number of benzene rings is 2. The summed E-state index contributed by atoms with van der Waals surface area (Å²) in [5, 5.41) is -1.08. The first-order valence-electron chi connectivity index (χ1n) is 9.04. The highest BCUT2D eigenvalue weighted by Crippen LogP contribution is 2.33. The Balaban J connectivity index is 1.61. The van der Waals surface area contributed by atoms with Gasteiger partial charge in [0, 0.05) is 6.07 Å². The van der Waals surface area contributed by atoms with Gasteiger partial charge < -0.3 is 9.47 Å². The van der Waals surface area contributed by atoms with Gasteiger partial charge in [-0.25, -0.2) is 25.3 Å². The third-order valence-electron chi connectivity index (χ3n) is 4.87. The van der Waals surface area contributed by atoms with Crippen LogP contribution in [0.2, 0.25) is 0 Å². The van der Waals surface area contributed by atoms with E-state index in [1.54, 1.807) is 6.07 Å². The molecule has 0 saturated carbocycles. The second-order valence-corrected chi connectivity index (χ2v) is 13.1. The lowest BCUT2D eigenvalue weighted by atomic mass is 10.3. The Hall–Kier alpha value is -2.31. The molecule has 0 aromatic heterocycles. The van der Waals surface area contributed by atoms with Crippen LogP contribution in [0.5, 0.6) is 11.5 Å². The standard InChI is InChI=1S/C18H19NO8S3/c20-28(21)9-6-16(12-28)29(22,23)14-2-1-3-15(11-14)30(24,25)19-13-4-5-17-18(10-13)27-8-7-26-17/h1-5,10-11,16,19H,6-9,12H2/t16-/m1/s1. The molecule has 2 aromatic carbocycles. The molecule has 2 heterocycles. The predicted octanol–water partition coefficient (Wildman–Crippen LogP) is 1.22. The molecule has 0 spiro atoms. The number of fused-ring (bicyclic) bond motifs is 1. The van der Waals surface area contributed by atoms with Crippen molar-refractivity contribution in [2.45, 2.75) is 21.5 Å². The van der Waals surface area contributed by atoms with Crippen molar-refractivity contribution in [2.75, 3.05) is 29.4 Å². The molecule has 0 radical (unpaired) electrons. The van der Waals surface area contributed by atoms with Gasteiger partial charge >= 0.3 is 0 Å². The Morgan fingerprint density at radius 3 is 2.30 bits per heavy atom. The lowest BCUT2D eigenvalue weighted by molar-refractivity contribution is 0.171. The summed E-state index contributed by atoms with van der Waals surface area (Å²) in [6.07, 6.45) is -0.00289. The average molecular weight is 474 g/mol. The molecule has 0 aliphatic carbocycles. The maximum Gasteiger partial charge on any atom is 0.261 e. The normalized spacial score (nSPS) is 20.6. The summed E-state index contributed by atoms with van der Waals surface area (Å²) in [4.78, 5) is -0.478. The average Bonchev–Trinajstić information content (AvgIpc) is 3.08. The van der Waals surface area contributed by atoms with Crippen LogP contribution in [-0.2, 0) is 29.7 Å². The molecule has 162 valence electrons. The summed E-state index contributed by atoms with van der Waals surface area (Å²) < 4.78 is 87.8. The number of nitrogens with one attached hydrogen (secondary N) is 1. The van der Waals surface area contributed by atoms with Crippen molar-refractivity contribution in [1.82, 2.24) is 0 Å². The highest BCUT2D eigenvalue weighted by Gasteiger charge is 2.38. The molecule has 0 amide bonds. The van der Waals surface area contributed by atoms with Crippen LogP contribution in [0.25, 0.3) is 0 Å². The molecule has 0 bridgehead atoms. The minimum atomic E-state index is -4.10. The zero-order chi connectivity index (χ0) is 21.6. The summed E-state index contributed by atoms with van der Waals surface area (Å²) in [6.45, 7) is 0.752. The van der Waals surface area contributed by atoms with Crippen molar-refractivity contribution >= 4 is 35.4 Å². The van der Waals surface area contributed by atoms with E-state index in [9.17, 15) is 25.3 Å². The van der Waals surface area contributed by atoms with Gasteiger partial charge in [0.2, 0.25) is 0 Å². The number of ether oxygens (including phenoxy) is 2. The van der Waals surface area contributed by atoms with Crippen molar-refractivity contribution in [3.8, 4) is 11.5 Å². The Bertz CT molecular complexity index is 1300. The molecule has 0 unspecified atom stereocenters. The van der Waals surface area contributed by atoms with E-state index >= 15 is 0 Å². The predicted molar refractivity (Wildman–Crippen MR) is 109 cm³/mol. The summed E-state index contributed by atoms with van der Waals surface area (Å²) in [7, 11) is -11.5. The van der Waals surface area contributed by atoms with E-state index in [1.807, 2.05) is 0 Å². The van der Waals surface area contributed by atoms with E-state index in [2.05, 4.69) is 4.72 Å². The van der Waals surface area contributed by atoms with Crippen molar-refractivity contribution in [2.24, 2.45) is 0 Å². The highest BCUT2D eigenvalue weighted by atomic mass is 32.2. The SMILES string of the molecule is O=S1(=O)CC[C@@H](S(=O)(=O)c2cccc(S(=O)(=O)Nc3ccc4c(c3)OCCO4)c2)C1. The van der Waals surface area contributed by atoms with Crippen LogP contribution in [0.3, 0.4) is 0 Å². The Labute approximate surface area is 174 Å². The van der Waals surface area contributed by atoms with Crippen LogP contribution >= 0.6 is 0 Å². The number of hydrogen-bond acceptors (Lipinski definition) is 8. The number of sulfone groups is 2. The lowest BCUT2D eigenvalue weighted by Gasteiger charge is -2.19. The third kappa shape index (κ3) is 4.12. The lowest BCUT2D eigenvalue weighted by Crippen LogP contribution is -2.23. The van der Waals surface area contributed by atoms with Crippen molar-refractivity contribution in [3.05, 3.63) is 42.5 Å². The van der Waals surface area contributed by atoms with E-state index in [0.717, 1.165) is 6.07 Å². The van der Waals surface area contributed by atoms with Gasteiger partial charge in [-0.1, -0.05) is 6.07 Å². The van der Waals surface area contributed by atoms with Gasteiger partial charge in [0.25, 0.3) is 10.0 Å². The molecule has 12 heteroatoms. The fraction of sp³-hybridized carbons (Fsp3) is 0.333. The van der Waals surface area contributed by atoms with Crippen LogP contribution in [-0.4, -0.2) is 55.2 Å². The molecule has 1 saturated heterocycles. The molecule has 1 N–H and O–H groups in total. The maximum atomic E-state index is 12.8. The molecule has 1 fully saturated rings. The fourth-order valence-corrected chi connectivity index (χ4v) is 8.91. The second-order valence-electron chi connectivity index (χ2n) is 7.01. The van der Waals surface area contributed by atoms with Gasteiger partial charge in [-0.2, -0.15) is 0 Å². The minimum absolute atomic E-state index is 0.00289. The van der Waals surface area contributed by atoms with Crippen molar-refractivity contribution < 1.29 is 34.7 Å². The molecular formula is C18H19NO8S3. The number of sulfonamides is 1. The molecule has 30 heavy (non-hydrogen) atoms. The molecule has 2 aliphatic rings. The highest BCUT2D eigenvalue weighted by molar-refractivity contribution is 7.96. The Morgan fingerprint density at radius 1 is 0.900 bits per heavy atom. The second kappa shape index (κ2) is 7.43. The van der Waals surface area contributed by atoms with E-state index in [4.69, 9.17) is 9.47 Å². The van der Waals surface area contributed by atoms with Crippen LogP contribution in [0, 0.1) is 0 Å². The smallest absolute Gasteiger partial charge is 0.261 e. The van der Waals surface area contributed by atoms with Gasteiger partial charge in [-0.05, 0) is 36.8 Å². The van der Waals surface area contributed by atoms with Gasteiger partial charge in [-0.3, -0.25) is 4.72 Å². The van der Waals surface area contributed by atoms with Gasteiger partial charge in [-0.15, -0.1) is 0 Å². The number of hydrogen-bond donors (Lipinski definition) is 1. The Morgan fingerprint density at radius 2 is 1.60 bits per heavy atom. The first-order valence-corrected chi connectivity index (χ1v) is 13.9. The largest absolute Gasteiger partial charge is 0.486 e. The molecular weight excluding hydrogens is 454 g/mol. The zero-order valence-corrected chi connectivity index (χ0v) is 18.1. The Kier molecular flexibility index (Phi) is 5.19. The topological polar surface area (TPSA) is 133 Å². The molecule has 2 aliphatic heterocycles. The van der Waals surface area contributed by atoms with Crippen molar-refractivity contribution in [3.63, 3.8) is 0 Å². The number of rotatable bonds is 5. The van der Waals surface area contributed by atoms with Crippen LogP contribution < -0.4 is 14.2 Å². The molecule has 2 aromatic rings. The number of anilines is 1. The van der Waals surface area contributed by atoms with Crippen LogP contribution in [0.1, 0.15) is 6.42 Å². The molecule has 9 nitrogen and oxygen atoms in total. The summed E-state index contributed by atoms with van der Waals surface area (Å²) in [6, 6.07) is 9.46. The zero-order valence-electron chi connectivity index (χ0n) is 15.6. The first kappa shape index (κ1) is 20.9. The fourth-order valence-electron chi connectivity index (χ4n) is 3.34. The summed E-state index contributed by atoms with van der Waals surface area (Å²) >= 11 is 0. The molecule has 1 atom stereocenters. The van der Waals surface area contributed by atoms with E-state index in [-0.39, 0.29) is 27.7 Å². The third-order valence-corrected chi connectivity index (χ3v) is 10.4. The van der Waals surface area contributed by atoms with Crippen molar-refractivity contribution in [1.29, 1.82) is 0 Å².